The predicted molar refractivity (Wildman–Crippen MR) is 187 cm³/mol. The van der Waals surface area contributed by atoms with Crippen LogP contribution in [0.5, 0.6) is 11.5 Å². The van der Waals surface area contributed by atoms with Gasteiger partial charge in [0.1, 0.15) is 11.5 Å². The summed E-state index contributed by atoms with van der Waals surface area (Å²) in [5.74, 6) is -3.93. The summed E-state index contributed by atoms with van der Waals surface area (Å²) in [5, 5.41) is 13.2. The lowest BCUT2D eigenvalue weighted by atomic mass is 9.85. The summed E-state index contributed by atoms with van der Waals surface area (Å²) >= 11 is 0. The molecule has 0 saturated carbocycles. The standard InChI is InChI=1S/C38H44FN3O10/c1-23-19-26(20-24(2)34(23)51-22-49-4)35(44)40-32-27(13-10-18-42(38(46)47)36(32)52-37(45)25-11-6-5-7-12-25)33(43)30-29(50-21-48-3)15-14-28(31(30)39)41-16-8-9-17-41/h5-7,11-12,14-15,19-20,27,32,36H,8-10,13,16-18,21-22H2,1-4H3,(H,40,44)(H,46,47). The van der Waals surface area contributed by atoms with Crippen LogP contribution in [0.1, 0.15) is 67.9 Å². The zero-order chi connectivity index (χ0) is 37.4. The number of methoxy groups -OCH3 is 2. The number of carbonyl (C=O) groups excluding carboxylic acids is 3. The fraction of sp³-hybridized carbons (Fsp3) is 0.421. The van der Waals surface area contributed by atoms with Crippen LogP contribution in [0.15, 0.2) is 54.6 Å². The number of amides is 2. The molecule has 52 heavy (non-hydrogen) atoms. The molecule has 2 heterocycles. The zero-order valence-corrected chi connectivity index (χ0v) is 29.7. The van der Waals surface area contributed by atoms with Crippen LogP contribution in [0, 0.1) is 25.6 Å². The third-order valence-electron chi connectivity index (χ3n) is 9.23. The van der Waals surface area contributed by atoms with Gasteiger partial charge in [-0.15, -0.1) is 0 Å². The van der Waals surface area contributed by atoms with Crippen LogP contribution in [0.3, 0.4) is 0 Å². The molecule has 14 heteroatoms. The number of rotatable bonds is 13. The first-order valence-corrected chi connectivity index (χ1v) is 17.1. The number of Topliss-reactive ketones (excluding diaryl/α,β-unsaturated/α-hetero) is 1. The quantitative estimate of drug-likeness (QED) is 0.130. The Hall–Kier alpha value is -5.21. The Balaban J connectivity index is 1.62. The average Bonchev–Trinajstić information content (AvgIpc) is 3.61. The van der Waals surface area contributed by atoms with Gasteiger partial charge in [0.15, 0.2) is 25.2 Å². The van der Waals surface area contributed by atoms with Crippen molar-refractivity contribution in [1.82, 2.24) is 10.2 Å². The van der Waals surface area contributed by atoms with Gasteiger partial charge in [0, 0.05) is 45.3 Å². The van der Waals surface area contributed by atoms with E-state index in [2.05, 4.69) is 5.32 Å². The van der Waals surface area contributed by atoms with Gasteiger partial charge in [-0.3, -0.25) is 14.5 Å². The Kier molecular flexibility index (Phi) is 12.7. The molecule has 0 aliphatic carbocycles. The number of ether oxygens (including phenoxy) is 5. The molecule has 0 radical (unpaired) electrons. The number of carbonyl (C=O) groups is 4. The highest BCUT2D eigenvalue weighted by Gasteiger charge is 2.46. The highest BCUT2D eigenvalue weighted by molar-refractivity contribution is 6.03. The minimum absolute atomic E-state index is 0.00975. The van der Waals surface area contributed by atoms with E-state index in [1.807, 2.05) is 4.90 Å². The molecule has 2 amide bonds. The minimum atomic E-state index is -1.68. The molecule has 13 nitrogen and oxygen atoms in total. The smallest absolute Gasteiger partial charge is 0.410 e. The van der Waals surface area contributed by atoms with E-state index in [9.17, 15) is 24.3 Å². The maximum absolute atomic E-state index is 16.6. The molecule has 3 aromatic rings. The number of esters is 1. The van der Waals surface area contributed by atoms with E-state index >= 15 is 4.39 Å². The topological polar surface area (TPSA) is 153 Å². The van der Waals surface area contributed by atoms with E-state index in [1.165, 1.54) is 32.4 Å². The molecule has 0 aromatic heterocycles. The Morgan fingerprint density at radius 3 is 2.15 bits per heavy atom. The SMILES string of the molecule is COCOc1ccc(N2CCCC2)c(F)c1C(=O)C1CCCN(C(=O)O)C(OC(=O)c2ccccc2)C1NC(=O)c1cc(C)c(OCOC)c(C)c1. The Morgan fingerprint density at radius 1 is 0.865 bits per heavy atom. The van der Waals surface area contributed by atoms with Crippen molar-refractivity contribution >= 4 is 29.4 Å². The van der Waals surface area contributed by atoms with Gasteiger partial charge in [-0.2, -0.15) is 0 Å². The first-order chi connectivity index (χ1) is 25.0. The molecule has 3 atom stereocenters. The molecule has 2 aliphatic heterocycles. The lowest BCUT2D eigenvalue weighted by Crippen LogP contribution is -2.58. The molecule has 2 fully saturated rings. The van der Waals surface area contributed by atoms with Crippen LogP contribution in [0.2, 0.25) is 0 Å². The number of halogens is 1. The van der Waals surface area contributed by atoms with Crippen LogP contribution in [0.4, 0.5) is 14.9 Å². The maximum Gasteiger partial charge on any atom is 0.410 e. The Bertz CT molecular complexity index is 1740. The molecule has 278 valence electrons. The van der Waals surface area contributed by atoms with Crippen LogP contribution in [-0.2, 0) is 14.2 Å². The van der Waals surface area contributed by atoms with Gasteiger partial charge < -0.3 is 39.0 Å². The second-order valence-corrected chi connectivity index (χ2v) is 12.8. The van der Waals surface area contributed by atoms with Gasteiger partial charge in [-0.05, 0) is 87.1 Å². The van der Waals surface area contributed by atoms with E-state index in [0.717, 1.165) is 17.7 Å². The monoisotopic (exact) mass is 721 g/mol. The van der Waals surface area contributed by atoms with E-state index in [1.54, 1.807) is 50.2 Å². The van der Waals surface area contributed by atoms with Gasteiger partial charge >= 0.3 is 12.1 Å². The van der Waals surface area contributed by atoms with Crippen LogP contribution >= 0.6 is 0 Å². The first kappa shape index (κ1) is 38.0. The predicted octanol–water partition coefficient (Wildman–Crippen LogP) is 5.56. The van der Waals surface area contributed by atoms with Crippen molar-refractivity contribution in [3.63, 3.8) is 0 Å². The lowest BCUT2D eigenvalue weighted by molar-refractivity contribution is -0.0416. The second-order valence-electron chi connectivity index (χ2n) is 12.8. The lowest BCUT2D eigenvalue weighted by Gasteiger charge is -2.36. The van der Waals surface area contributed by atoms with Gasteiger partial charge in [-0.1, -0.05) is 18.2 Å². The molecule has 2 aliphatic rings. The van der Waals surface area contributed by atoms with Crippen LogP contribution in [-0.4, -0.2) is 93.5 Å². The van der Waals surface area contributed by atoms with E-state index in [-0.39, 0.29) is 61.1 Å². The molecule has 0 spiro atoms. The van der Waals surface area contributed by atoms with Crippen molar-refractivity contribution in [2.24, 2.45) is 5.92 Å². The van der Waals surface area contributed by atoms with Crippen molar-refractivity contribution in [2.75, 3.05) is 52.3 Å². The third kappa shape index (κ3) is 8.45. The van der Waals surface area contributed by atoms with Crippen molar-refractivity contribution in [3.8, 4) is 11.5 Å². The number of benzene rings is 3. The van der Waals surface area contributed by atoms with Crippen molar-refractivity contribution in [1.29, 1.82) is 0 Å². The highest BCUT2D eigenvalue weighted by atomic mass is 19.1. The number of likely N-dealkylation sites (tertiary alicyclic amines) is 1. The average molecular weight is 722 g/mol. The van der Waals surface area contributed by atoms with Crippen LogP contribution in [0.25, 0.3) is 0 Å². The largest absolute Gasteiger partial charge is 0.467 e. The number of carboxylic acid groups (broad SMARTS) is 1. The van der Waals surface area contributed by atoms with Gasteiger partial charge in [0.2, 0.25) is 6.23 Å². The number of hydrogen-bond acceptors (Lipinski definition) is 10. The Labute approximate surface area is 301 Å². The molecule has 2 N–H and O–H groups in total. The molecule has 5 rings (SSSR count). The summed E-state index contributed by atoms with van der Waals surface area (Å²) in [6.45, 7) is 4.28. The molecule has 0 bridgehead atoms. The number of hydrogen-bond donors (Lipinski definition) is 2. The number of nitrogens with zero attached hydrogens (tertiary/aromatic N) is 2. The number of nitrogens with one attached hydrogen (secondary N) is 1. The van der Waals surface area contributed by atoms with Gasteiger partial charge in [0.05, 0.1) is 22.9 Å². The van der Waals surface area contributed by atoms with Gasteiger partial charge in [0.25, 0.3) is 5.91 Å². The Morgan fingerprint density at radius 2 is 1.52 bits per heavy atom. The summed E-state index contributed by atoms with van der Waals surface area (Å²) in [6.07, 6.45) is -1.23. The number of aryl methyl sites for hydroxylation is 2. The van der Waals surface area contributed by atoms with Crippen molar-refractivity contribution in [2.45, 2.75) is 51.8 Å². The molecule has 3 aromatic carbocycles. The normalized spacial score (nSPS) is 18.8. The van der Waals surface area contributed by atoms with E-state index < -0.39 is 47.8 Å². The van der Waals surface area contributed by atoms with Crippen LogP contribution < -0.4 is 19.7 Å². The number of ketones is 1. The van der Waals surface area contributed by atoms with Gasteiger partial charge in [-0.25, -0.2) is 14.0 Å². The summed E-state index contributed by atoms with van der Waals surface area (Å²) < 4.78 is 44.0. The summed E-state index contributed by atoms with van der Waals surface area (Å²) in [5.41, 5.74) is 1.40. The summed E-state index contributed by atoms with van der Waals surface area (Å²) in [6, 6.07) is 12.7. The summed E-state index contributed by atoms with van der Waals surface area (Å²) in [4.78, 5) is 57.9. The zero-order valence-electron chi connectivity index (χ0n) is 29.7. The second kappa shape index (κ2) is 17.3. The molecule has 2 saturated heterocycles. The highest BCUT2D eigenvalue weighted by Crippen LogP contribution is 2.37. The first-order valence-electron chi connectivity index (χ1n) is 17.1. The number of anilines is 1. The molecular formula is C38H44FN3O10. The molecule has 3 unspecified atom stereocenters. The fourth-order valence-electron chi connectivity index (χ4n) is 6.81. The third-order valence-corrected chi connectivity index (χ3v) is 9.23. The van der Waals surface area contributed by atoms with E-state index in [0.29, 0.717) is 30.0 Å². The van der Waals surface area contributed by atoms with Crippen molar-refractivity contribution < 1.29 is 52.4 Å². The van der Waals surface area contributed by atoms with E-state index in [4.69, 9.17) is 23.7 Å². The minimum Gasteiger partial charge on any atom is -0.467 e. The summed E-state index contributed by atoms with van der Waals surface area (Å²) in [7, 11) is 2.87. The van der Waals surface area contributed by atoms with Crippen molar-refractivity contribution in [3.05, 3.63) is 88.2 Å². The molecular weight excluding hydrogens is 677 g/mol. The fourth-order valence-corrected chi connectivity index (χ4v) is 6.81. The maximum atomic E-state index is 16.6.